The van der Waals surface area contributed by atoms with Gasteiger partial charge in [0.05, 0.1) is 6.61 Å². The number of benzene rings is 2. The summed E-state index contributed by atoms with van der Waals surface area (Å²) < 4.78 is 10.5. The first kappa shape index (κ1) is 19.2. The van der Waals surface area contributed by atoms with Gasteiger partial charge in [-0.3, -0.25) is 5.41 Å². The van der Waals surface area contributed by atoms with Gasteiger partial charge in [0, 0.05) is 17.6 Å². The summed E-state index contributed by atoms with van der Waals surface area (Å²) in [5, 5.41) is 7.67. The van der Waals surface area contributed by atoms with Crippen molar-refractivity contribution < 1.29 is 14.3 Å². The highest BCUT2D eigenvalue weighted by Crippen LogP contribution is 2.23. The minimum absolute atomic E-state index is 0.0643. The molecule has 0 heterocycles. The number of hydrogen-bond donors (Lipinski definition) is 1. The second kappa shape index (κ2) is 8.81. The molecule has 0 aliphatic heterocycles. The molecule has 0 unspecified atom stereocenters. The van der Waals surface area contributed by atoms with Crippen LogP contribution in [-0.2, 0) is 16.0 Å². The summed E-state index contributed by atoms with van der Waals surface area (Å²) in [5.74, 6) is 0.316. The van der Waals surface area contributed by atoms with E-state index in [2.05, 4.69) is 13.2 Å². The van der Waals surface area contributed by atoms with Gasteiger partial charge in [-0.25, -0.2) is 4.79 Å². The molecular weight excluding hydrogens is 326 g/mol. The zero-order chi connectivity index (χ0) is 19.1. The quantitative estimate of drug-likeness (QED) is 0.333. The Balaban J connectivity index is 1.95. The molecule has 0 aliphatic rings. The van der Waals surface area contributed by atoms with Gasteiger partial charge in [-0.05, 0) is 42.7 Å². The largest absolute Gasteiger partial charge is 0.462 e. The van der Waals surface area contributed by atoms with E-state index in [4.69, 9.17) is 14.9 Å². The van der Waals surface area contributed by atoms with Crippen LogP contribution >= 0.6 is 0 Å². The monoisotopic (exact) mass is 349 g/mol. The average Bonchev–Trinajstić information content (AvgIpc) is 2.62. The van der Waals surface area contributed by atoms with Crippen molar-refractivity contribution in [1.82, 2.24) is 0 Å². The Morgan fingerprint density at radius 3 is 1.96 bits per heavy atom. The van der Waals surface area contributed by atoms with Gasteiger partial charge in [0.2, 0.25) is 5.90 Å². The average molecular weight is 349 g/mol. The molecule has 4 heteroatoms. The molecule has 134 valence electrons. The normalized spacial score (nSPS) is 10.1. The third-order valence-corrected chi connectivity index (χ3v) is 3.72. The smallest absolute Gasteiger partial charge is 0.333 e. The molecule has 2 aromatic rings. The van der Waals surface area contributed by atoms with Gasteiger partial charge in [0.15, 0.2) is 0 Å². The highest BCUT2D eigenvalue weighted by atomic mass is 16.5. The zero-order valence-electron chi connectivity index (χ0n) is 15.2. The van der Waals surface area contributed by atoms with E-state index in [-0.39, 0.29) is 11.9 Å². The van der Waals surface area contributed by atoms with Gasteiger partial charge in [-0.2, -0.15) is 0 Å². The highest BCUT2D eigenvalue weighted by Gasteiger charge is 2.05. The second-order valence-electron chi connectivity index (χ2n) is 6.10. The van der Waals surface area contributed by atoms with Crippen LogP contribution in [0.1, 0.15) is 19.4 Å². The number of carbonyl (C=O) groups excluding carboxylic acids is 1. The second-order valence-corrected chi connectivity index (χ2v) is 6.10. The fraction of sp³-hybridized carbons (Fsp3) is 0.182. The number of carbonyl (C=O) groups is 1. The maximum atomic E-state index is 11.4. The van der Waals surface area contributed by atoms with E-state index in [1.54, 1.807) is 13.8 Å². The van der Waals surface area contributed by atoms with E-state index in [0.29, 0.717) is 29.9 Å². The Morgan fingerprint density at radius 1 is 0.923 bits per heavy atom. The van der Waals surface area contributed by atoms with Gasteiger partial charge in [0.25, 0.3) is 0 Å². The summed E-state index contributed by atoms with van der Waals surface area (Å²) >= 11 is 0. The Kier molecular flexibility index (Phi) is 6.50. The molecule has 2 aromatic carbocycles. The van der Waals surface area contributed by atoms with Crippen LogP contribution in [0.15, 0.2) is 72.8 Å². The summed E-state index contributed by atoms with van der Waals surface area (Å²) in [6.45, 7) is 10.9. The molecule has 26 heavy (non-hydrogen) atoms. The summed E-state index contributed by atoms with van der Waals surface area (Å²) in [4.78, 5) is 11.4. The van der Waals surface area contributed by atoms with Crippen LogP contribution in [0.3, 0.4) is 0 Å². The highest BCUT2D eigenvalue weighted by molar-refractivity contribution is 5.91. The molecule has 0 radical (unpaired) electrons. The van der Waals surface area contributed by atoms with Crippen LogP contribution in [0.25, 0.3) is 11.1 Å². The third-order valence-electron chi connectivity index (χ3n) is 3.72. The van der Waals surface area contributed by atoms with Crippen molar-refractivity contribution in [2.75, 3.05) is 6.61 Å². The fourth-order valence-electron chi connectivity index (χ4n) is 2.17. The van der Waals surface area contributed by atoms with E-state index >= 15 is 0 Å². The molecule has 4 nitrogen and oxygen atoms in total. The SMILES string of the molecule is C=C(C)C(=N)Oc1ccc(-c2ccc(CCOC(=O)C(=C)C)cc2)cc1. The first-order valence-electron chi connectivity index (χ1n) is 8.31. The van der Waals surface area contributed by atoms with Crippen molar-refractivity contribution in [3.8, 4) is 16.9 Å². The van der Waals surface area contributed by atoms with Gasteiger partial charge in [0.1, 0.15) is 5.75 Å². The summed E-state index contributed by atoms with van der Waals surface area (Å²) in [6, 6.07) is 15.7. The van der Waals surface area contributed by atoms with Crippen LogP contribution in [0.4, 0.5) is 0 Å². The van der Waals surface area contributed by atoms with Crippen molar-refractivity contribution in [2.45, 2.75) is 20.3 Å². The lowest BCUT2D eigenvalue weighted by atomic mass is 10.0. The van der Waals surface area contributed by atoms with Crippen LogP contribution in [0.5, 0.6) is 5.75 Å². The number of esters is 1. The standard InChI is InChI=1S/C22H23NO3/c1-15(2)21(23)26-20-11-9-19(10-12-20)18-7-5-17(6-8-18)13-14-25-22(24)16(3)4/h5-12,23H,1,3,13-14H2,2,4H3. The first-order valence-corrected chi connectivity index (χ1v) is 8.31. The van der Waals surface area contributed by atoms with Crippen molar-refractivity contribution in [3.63, 3.8) is 0 Å². The van der Waals surface area contributed by atoms with Crippen molar-refractivity contribution in [1.29, 1.82) is 5.41 Å². The molecule has 0 bridgehead atoms. The fourth-order valence-corrected chi connectivity index (χ4v) is 2.17. The molecule has 1 N–H and O–H groups in total. The zero-order valence-corrected chi connectivity index (χ0v) is 15.2. The molecular formula is C22H23NO3. The minimum atomic E-state index is -0.358. The van der Waals surface area contributed by atoms with E-state index in [1.807, 2.05) is 48.5 Å². The number of rotatable bonds is 7. The molecule has 0 aliphatic carbocycles. The van der Waals surface area contributed by atoms with Crippen LogP contribution in [-0.4, -0.2) is 18.5 Å². The van der Waals surface area contributed by atoms with E-state index < -0.39 is 0 Å². The van der Waals surface area contributed by atoms with Gasteiger partial charge >= 0.3 is 5.97 Å². The van der Waals surface area contributed by atoms with Gasteiger partial charge < -0.3 is 9.47 Å². The minimum Gasteiger partial charge on any atom is -0.462 e. The molecule has 0 amide bonds. The Labute approximate surface area is 154 Å². The van der Waals surface area contributed by atoms with Crippen LogP contribution in [0, 0.1) is 5.41 Å². The third kappa shape index (κ3) is 5.45. The van der Waals surface area contributed by atoms with Crippen molar-refractivity contribution in [3.05, 3.63) is 78.4 Å². The lowest BCUT2D eigenvalue weighted by molar-refractivity contribution is -0.138. The predicted molar refractivity (Wildman–Crippen MR) is 105 cm³/mol. The van der Waals surface area contributed by atoms with Crippen LogP contribution < -0.4 is 4.74 Å². The van der Waals surface area contributed by atoms with Crippen molar-refractivity contribution in [2.24, 2.45) is 0 Å². The molecule has 0 atom stereocenters. The summed E-state index contributed by atoms with van der Waals surface area (Å²) in [5.41, 5.74) is 4.22. The molecule has 0 saturated heterocycles. The maximum Gasteiger partial charge on any atom is 0.333 e. The first-order chi connectivity index (χ1) is 12.4. The maximum absolute atomic E-state index is 11.4. The lowest BCUT2D eigenvalue weighted by Gasteiger charge is -2.08. The Hall–Kier alpha value is -3.14. The summed E-state index contributed by atoms with van der Waals surface area (Å²) in [7, 11) is 0. The van der Waals surface area contributed by atoms with E-state index in [1.165, 1.54) is 0 Å². The van der Waals surface area contributed by atoms with Crippen LogP contribution in [0.2, 0.25) is 0 Å². The summed E-state index contributed by atoms with van der Waals surface area (Å²) in [6.07, 6.45) is 0.662. The number of nitrogens with one attached hydrogen (secondary N) is 1. The van der Waals surface area contributed by atoms with E-state index in [0.717, 1.165) is 16.7 Å². The van der Waals surface area contributed by atoms with Crippen molar-refractivity contribution >= 4 is 11.9 Å². The van der Waals surface area contributed by atoms with E-state index in [9.17, 15) is 4.79 Å². The molecule has 2 rings (SSSR count). The number of ether oxygens (including phenoxy) is 2. The molecule has 0 aromatic heterocycles. The van der Waals surface area contributed by atoms with Gasteiger partial charge in [-0.15, -0.1) is 0 Å². The topological polar surface area (TPSA) is 59.4 Å². The predicted octanol–water partition coefficient (Wildman–Crippen LogP) is 4.95. The Morgan fingerprint density at radius 2 is 1.46 bits per heavy atom. The lowest BCUT2D eigenvalue weighted by Crippen LogP contribution is -2.07. The molecule has 0 saturated carbocycles. The number of hydrogen-bond acceptors (Lipinski definition) is 4. The van der Waals surface area contributed by atoms with Gasteiger partial charge in [-0.1, -0.05) is 49.6 Å². The Bertz CT molecular complexity index is 817. The molecule has 0 fully saturated rings. The molecule has 0 spiro atoms.